The Kier molecular flexibility index (Phi) is 3.27. The van der Waals surface area contributed by atoms with Crippen LogP contribution in [0.2, 0.25) is 0 Å². The molecule has 1 heterocycles. The summed E-state index contributed by atoms with van der Waals surface area (Å²) in [7, 11) is -3.32. The maximum atomic E-state index is 12.9. The molecule has 0 saturated heterocycles. The second-order valence-electron chi connectivity index (χ2n) is 4.16. The molecule has 2 rings (SSSR count). The lowest BCUT2D eigenvalue weighted by atomic mass is 10.2. The molecule has 19 heavy (non-hydrogen) atoms. The van der Waals surface area contributed by atoms with Crippen LogP contribution in [0, 0.1) is 5.82 Å². The van der Waals surface area contributed by atoms with Crippen LogP contribution in [0.15, 0.2) is 22.7 Å². The monoisotopic (exact) mass is 285 g/mol. The summed E-state index contributed by atoms with van der Waals surface area (Å²) in [6.45, 7) is 1.46. The van der Waals surface area contributed by atoms with Gasteiger partial charge in [0.15, 0.2) is 15.7 Å². The van der Waals surface area contributed by atoms with E-state index in [0.717, 1.165) is 12.3 Å². The van der Waals surface area contributed by atoms with Gasteiger partial charge >= 0.3 is 0 Å². The van der Waals surface area contributed by atoms with E-state index in [2.05, 4.69) is 10.1 Å². The molecule has 0 radical (unpaired) electrons. The summed E-state index contributed by atoms with van der Waals surface area (Å²) < 4.78 is 40.7. The summed E-state index contributed by atoms with van der Waals surface area (Å²) in [5.74, 6) is -0.380. The van der Waals surface area contributed by atoms with Gasteiger partial charge in [0, 0.05) is 11.9 Å². The lowest BCUT2D eigenvalue weighted by molar-refractivity contribution is 0.422. The van der Waals surface area contributed by atoms with Crippen molar-refractivity contribution in [2.24, 2.45) is 0 Å². The molecule has 8 heteroatoms. The molecule has 0 spiro atoms. The van der Waals surface area contributed by atoms with Crippen molar-refractivity contribution >= 4 is 15.5 Å². The molecule has 0 saturated carbocycles. The van der Waals surface area contributed by atoms with Crippen molar-refractivity contribution in [3.63, 3.8) is 0 Å². The molecule has 1 atom stereocenters. The highest BCUT2D eigenvalue weighted by molar-refractivity contribution is 7.90. The smallest absolute Gasteiger partial charge is 0.260 e. The van der Waals surface area contributed by atoms with Gasteiger partial charge in [0.05, 0.1) is 5.56 Å². The van der Waals surface area contributed by atoms with E-state index in [0.29, 0.717) is 5.56 Å². The Bertz CT molecular complexity index is 712. The van der Waals surface area contributed by atoms with Crippen molar-refractivity contribution in [3.05, 3.63) is 29.8 Å². The predicted octanol–water partition coefficient (Wildman–Crippen LogP) is 1.56. The molecule has 1 aromatic carbocycles. The number of anilines is 1. The Morgan fingerprint density at radius 2 is 2.11 bits per heavy atom. The van der Waals surface area contributed by atoms with Gasteiger partial charge in [-0.3, -0.25) is 0 Å². The number of nitrogens with zero attached hydrogens (tertiary/aromatic N) is 2. The average molecular weight is 285 g/mol. The van der Waals surface area contributed by atoms with Crippen LogP contribution < -0.4 is 5.73 Å². The third-order valence-electron chi connectivity index (χ3n) is 2.69. The summed E-state index contributed by atoms with van der Waals surface area (Å²) in [6.07, 6.45) is 1.08. The molecule has 2 aromatic rings. The fraction of sp³-hybridized carbons (Fsp3) is 0.273. The van der Waals surface area contributed by atoms with Crippen molar-refractivity contribution in [1.82, 2.24) is 10.1 Å². The highest BCUT2D eigenvalue weighted by Gasteiger charge is 2.24. The maximum Gasteiger partial charge on any atom is 0.260 e. The molecule has 2 N–H and O–H groups in total. The van der Waals surface area contributed by atoms with E-state index >= 15 is 0 Å². The van der Waals surface area contributed by atoms with Crippen molar-refractivity contribution in [2.45, 2.75) is 12.2 Å². The molecule has 6 nitrogen and oxygen atoms in total. The quantitative estimate of drug-likeness (QED) is 0.859. The van der Waals surface area contributed by atoms with Crippen LogP contribution in [-0.4, -0.2) is 24.8 Å². The van der Waals surface area contributed by atoms with Crippen LogP contribution in [0.5, 0.6) is 0 Å². The number of nitrogen functional groups attached to an aromatic ring is 1. The minimum Gasteiger partial charge on any atom is -0.398 e. The van der Waals surface area contributed by atoms with Crippen molar-refractivity contribution in [2.75, 3.05) is 12.0 Å². The summed E-state index contributed by atoms with van der Waals surface area (Å²) in [6, 6.07) is 3.72. The topological polar surface area (TPSA) is 99.1 Å². The second-order valence-corrected chi connectivity index (χ2v) is 6.53. The Labute approximate surface area is 109 Å². The first-order valence-corrected chi connectivity index (χ1v) is 7.32. The Morgan fingerprint density at radius 1 is 1.42 bits per heavy atom. The van der Waals surface area contributed by atoms with E-state index in [-0.39, 0.29) is 17.4 Å². The van der Waals surface area contributed by atoms with Gasteiger partial charge < -0.3 is 10.3 Å². The van der Waals surface area contributed by atoms with Gasteiger partial charge in [-0.25, -0.2) is 12.8 Å². The summed E-state index contributed by atoms with van der Waals surface area (Å²) >= 11 is 0. The normalized spacial score (nSPS) is 13.4. The van der Waals surface area contributed by atoms with E-state index in [1.807, 2.05) is 0 Å². The molecule has 0 fully saturated rings. The molecule has 1 aromatic heterocycles. The van der Waals surface area contributed by atoms with Gasteiger partial charge in [-0.05, 0) is 25.1 Å². The van der Waals surface area contributed by atoms with E-state index < -0.39 is 20.9 Å². The fourth-order valence-electron chi connectivity index (χ4n) is 1.43. The third-order valence-corrected chi connectivity index (χ3v) is 4.19. The van der Waals surface area contributed by atoms with E-state index in [4.69, 9.17) is 10.3 Å². The summed E-state index contributed by atoms with van der Waals surface area (Å²) in [5.41, 5.74) is 6.14. The average Bonchev–Trinajstić information content (AvgIpc) is 2.75. The van der Waals surface area contributed by atoms with Crippen LogP contribution in [0.4, 0.5) is 10.1 Å². The zero-order chi connectivity index (χ0) is 14.2. The Hall–Kier alpha value is -1.96. The minimum atomic E-state index is -3.32. The van der Waals surface area contributed by atoms with Gasteiger partial charge in [-0.2, -0.15) is 4.98 Å². The van der Waals surface area contributed by atoms with Crippen molar-refractivity contribution in [3.8, 4) is 11.5 Å². The zero-order valence-electron chi connectivity index (χ0n) is 10.3. The molecule has 0 amide bonds. The van der Waals surface area contributed by atoms with Gasteiger partial charge in [0.2, 0.25) is 0 Å². The standard InChI is InChI=1S/C11H12FN3O3S/c1-6(19(2,16)17)10-14-11(18-15-10)8-4-3-7(12)5-9(8)13/h3-6H,13H2,1-2H3. The number of hydrogen-bond acceptors (Lipinski definition) is 6. The van der Waals surface area contributed by atoms with Crippen LogP contribution in [-0.2, 0) is 9.84 Å². The first-order chi connectivity index (χ1) is 8.79. The zero-order valence-corrected chi connectivity index (χ0v) is 11.1. The van der Waals surface area contributed by atoms with Crippen LogP contribution in [0.1, 0.15) is 18.0 Å². The maximum absolute atomic E-state index is 12.9. The van der Waals surface area contributed by atoms with Crippen LogP contribution in [0.3, 0.4) is 0 Å². The fourth-order valence-corrected chi connectivity index (χ4v) is 1.91. The van der Waals surface area contributed by atoms with Gasteiger partial charge in [-0.1, -0.05) is 5.16 Å². The number of nitrogens with two attached hydrogens (primary N) is 1. The molecule has 0 aliphatic heterocycles. The minimum absolute atomic E-state index is 0.0428. The van der Waals surface area contributed by atoms with Crippen molar-refractivity contribution in [1.29, 1.82) is 0 Å². The Morgan fingerprint density at radius 3 is 2.68 bits per heavy atom. The highest BCUT2D eigenvalue weighted by Crippen LogP contribution is 2.27. The van der Waals surface area contributed by atoms with Crippen LogP contribution >= 0.6 is 0 Å². The first-order valence-electron chi connectivity index (χ1n) is 5.37. The van der Waals surface area contributed by atoms with E-state index in [9.17, 15) is 12.8 Å². The number of rotatable bonds is 3. The third kappa shape index (κ3) is 2.73. The molecule has 0 bridgehead atoms. The molecule has 102 valence electrons. The molecular formula is C11H12FN3O3S. The van der Waals surface area contributed by atoms with E-state index in [1.165, 1.54) is 19.1 Å². The van der Waals surface area contributed by atoms with Gasteiger partial charge in [0.25, 0.3) is 5.89 Å². The second kappa shape index (κ2) is 4.61. The number of hydrogen-bond donors (Lipinski definition) is 1. The lowest BCUT2D eigenvalue weighted by Crippen LogP contribution is -2.09. The summed E-state index contributed by atoms with van der Waals surface area (Å²) in [4.78, 5) is 3.98. The van der Waals surface area contributed by atoms with E-state index in [1.54, 1.807) is 0 Å². The van der Waals surface area contributed by atoms with Crippen LogP contribution in [0.25, 0.3) is 11.5 Å². The van der Waals surface area contributed by atoms with Crippen molar-refractivity contribution < 1.29 is 17.3 Å². The molecule has 1 unspecified atom stereocenters. The highest BCUT2D eigenvalue weighted by atomic mass is 32.2. The Balaban J connectivity index is 2.41. The predicted molar refractivity (Wildman–Crippen MR) is 67.4 cm³/mol. The molecular weight excluding hydrogens is 273 g/mol. The molecule has 0 aliphatic rings. The lowest BCUT2D eigenvalue weighted by Gasteiger charge is -2.02. The van der Waals surface area contributed by atoms with Gasteiger partial charge in [-0.15, -0.1) is 0 Å². The number of benzene rings is 1. The summed E-state index contributed by atoms with van der Waals surface area (Å²) in [5, 5.41) is 2.73. The first kappa shape index (κ1) is 13.5. The number of halogens is 1. The molecule has 0 aliphatic carbocycles. The largest absolute Gasteiger partial charge is 0.398 e. The number of sulfone groups is 1. The SMILES string of the molecule is CC(c1noc(-c2ccc(F)cc2N)n1)S(C)(=O)=O. The van der Waals surface area contributed by atoms with Gasteiger partial charge in [0.1, 0.15) is 11.1 Å². The number of aromatic nitrogens is 2.